The van der Waals surface area contributed by atoms with E-state index in [9.17, 15) is 18.9 Å². The first-order valence-electron chi connectivity index (χ1n) is 9.23. The SMILES string of the molecule is CCS(=O)c1nc2c([C@@H](C)Nc3ccccc3C(=O)O)cc(C)cc2c(=O)n1C. The normalized spacial score (nSPS) is 13.2. The molecule has 2 atom stereocenters. The molecule has 2 aromatic carbocycles. The summed E-state index contributed by atoms with van der Waals surface area (Å²) < 4.78 is 13.7. The number of anilines is 1. The molecule has 152 valence electrons. The molecule has 1 unspecified atom stereocenters. The van der Waals surface area contributed by atoms with Crippen molar-refractivity contribution in [2.75, 3.05) is 11.1 Å². The van der Waals surface area contributed by atoms with Crippen LogP contribution >= 0.6 is 0 Å². The van der Waals surface area contributed by atoms with Crippen LogP contribution in [-0.4, -0.2) is 30.6 Å². The zero-order chi connectivity index (χ0) is 21.3. The molecule has 0 saturated carbocycles. The van der Waals surface area contributed by atoms with Crippen LogP contribution in [0.1, 0.15) is 41.4 Å². The second-order valence-corrected chi connectivity index (χ2v) is 8.49. The molecule has 0 bridgehead atoms. The molecule has 0 spiro atoms. The van der Waals surface area contributed by atoms with E-state index in [4.69, 9.17) is 0 Å². The largest absolute Gasteiger partial charge is 0.478 e. The molecule has 3 aromatic rings. The Balaban J connectivity index is 2.19. The van der Waals surface area contributed by atoms with Crippen LogP contribution < -0.4 is 10.9 Å². The average molecular weight is 413 g/mol. The monoisotopic (exact) mass is 413 g/mol. The Bertz CT molecular complexity index is 1190. The average Bonchev–Trinajstić information content (AvgIpc) is 2.70. The smallest absolute Gasteiger partial charge is 0.337 e. The molecule has 0 aliphatic carbocycles. The minimum atomic E-state index is -1.39. The first-order valence-corrected chi connectivity index (χ1v) is 10.5. The Morgan fingerprint density at radius 1 is 1.31 bits per heavy atom. The molecule has 0 fully saturated rings. The quantitative estimate of drug-likeness (QED) is 0.602. The van der Waals surface area contributed by atoms with Gasteiger partial charge in [0.1, 0.15) is 0 Å². The maximum absolute atomic E-state index is 12.9. The van der Waals surface area contributed by atoms with Gasteiger partial charge in [-0.3, -0.25) is 13.6 Å². The van der Waals surface area contributed by atoms with Crippen LogP contribution in [0.15, 0.2) is 46.3 Å². The van der Waals surface area contributed by atoms with Crippen LogP contribution in [0, 0.1) is 6.92 Å². The number of hydrogen-bond donors (Lipinski definition) is 2. The second-order valence-electron chi connectivity index (χ2n) is 6.86. The predicted octanol–water partition coefficient (Wildman–Crippen LogP) is 3.24. The first kappa shape index (κ1) is 20.7. The summed E-state index contributed by atoms with van der Waals surface area (Å²) in [5.74, 6) is -0.672. The topological polar surface area (TPSA) is 101 Å². The number of fused-ring (bicyclic) bond motifs is 1. The summed E-state index contributed by atoms with van der Waals surface area (Å²) in [7, 11) is 0.185. The molecular weight excluding hydrogens is 390 g/mol. The van der Waals surface area contributed by atoms with Crippen molar-refractivity contribution >= 4 is 33.4 Å². The van der Waals surface area contributed by atoms with Gasteiger partial charge in [0.15, 0.2) is 0 Å². The van der Waals surface area contributed by atoms with E-state index in [1.54, 1.807) is 38.2 Å². The van der Waals surface area contributed by atoms with Crippen LogP contribution in [0.2, 0.25) is 0 Å². The number of nitrogens with zero attached hydrogens (tertiary/aromatic N) is 2. The van der Waals surface area contributed by atoms with Gasteiger partial charge in [-0.2, -0.15) is 0 Å². The number of benzene rings is 2. The van der Waals surface area contributed by atoms with E-state index >= 15 is 0 Å². The minimum Gasteiger partial charge on any atom is -0.478 e. The fraction of sp³-hybridized carbons (Fsp3) is 0.286. The zero-order valence-electron chi connectivity index (χ0n) is 16.7. The van der Waals surface area contributed by atoms with Gasteiger partial charge in [0, 0.05) is 24.1 Å². The lowest BCUT2D eigenvalue weighted by molar-refractivity contribution is 0.0698. The van der Waals surface area contributed by atoms with Crippen LogP contribution in [0.5, 0.6) is 0 Å². The van der Waals surface area contributed by atoms with Crippen molar-refractivity contribution < 1.29 is 14.1 Å². The minimum absolute atomic E-state index is 0.160. The molecule has 0 aliphatic rings. The number of carboxylic acid groups (broad SMARTS) is 1. The number of hydrogen-bond acceptors (Lipinski definition) is 5. The van der Waals surface area contributed by atoms with Gasteiger partial charge in [-0.25, -0.2) is 9.78 Å². The highest BCUT2D eigenvalue weighted by molar-refractivity contribution is 7.84. The number of aromatic carboxylic acids is 1. The Kier molecular flexibility index (Phi) is 5.83. The highest BCUT2D eigenvalue weighted by atomic mass is 32.2. The van der Waals surface area contributed by atoms with E-state index in [0.29, 0.717) is 22.3 Å². The molecule has 1 aromatic heterocycles. The molecule has 7 nitrogen and oxygen atoms in total. The van der Waals surface area contributed by atoms with Crippen molar-refractivity contribution in [3.63, 3.8) is 0 Å². The zero-order valence-corrected chi connectivity index (χ0v) is 17.5. The number of carbonyl (C=O) groups is 1. The van der Waals surface area contributed by atoms with Crippen LogP contribution in [0.25, 0.3) is 10.9 Å². The van der Waals surface area contributed by atoms with Crippen molar-refractivity contribution in [1.82, 2.24) is 9.55 Å². The number of nitrogens with one attached hydrogen (secondary N) is 1. The van der Waals surface area contributed by atoms with Crippen LogP contribution in [0.4, 0.5) is 5.69 Å². The van der Waals surface area contributed by atoms with E-state index in [2.05, 4.69) is 10.3 Å². The standard InChI is InChI=1S/C21H23N3O4S/c1-5-29(28)21-23-18-15(10-12(2)11-16(18)19(25)24(21)4)13(3)22-17-9-7-6-8-14(17)20(26)27/h6-11,13,22H,5H2,1-4H3,(H,26,27)/t13-,29?/m1/s1. The third-order valence-electron chi connectivity index (χ3n) is 4.77. The van der Waals surface area contributed by atoms with E-state index in [1.807, 2.05) is 19.9 Å². The van der Waals surface area contributed by atoms with Gasteiger partial charge in [-0.05, 0) is 37.6 Å². The van der Waals surface area contributed by atoms with Gasteiger partial charge >= 0.3 is 5.97 Å². The molecular formula is C21H23N3O4S. The Labute approximate surface area is 170 Å². The molecule has 0 radical (unpaired) electrons. The highest BCUT2D eigenvalue weighted by Gasteiger charge is 2.19. The molecule has 2 N–H and O–H groups in total. The van der Waals surface area contributed by atoms with Gasteiger partial charge in [0.25, 0.3) is 5.56 Å². The van der Waals surface area contributed by atoms with Gasteiger partial charge in [0.2, 0.25) is 5.16 Å². The summed E-state index contributed by atoms with van der Waals surface area (Å²) in [6.07, 6.45) is 0. The molecule has 1 heterocycles. The molecule has 0 amide bonds. The van der Waals surface area contributed by atoms with Crippen molar-refractivity contribution in [3.05, 3.63) is 63.4 Å². The van der Waals surface area contributed by atoms with Crippen molar-refractivity contribution in [3.8, 4) is 0 Å². The van der Waals surface area contributed by atoms with Gasteiger partial charge in [-0.1, -0.05) is 25.1 Å². The highest BCUT2D eigenvalue weighted by Crippen LogP contribution is 2.28. The summed E-state index contributed by atoms with van der Waals surface area (Å²) >= 11 is 0. The summed E-state index contributed by atoms with van der Waals surface area (Å²) in [6, 6.07) is 10.00. The fourth-order valence-corrected chi connectivity index (χ4v) is 4.14. The van der Waals surface area contributed by atoms with E-state index < -0.39 is 16.8 Å². The summed E-state index contributed by atoms with van der Waals surface area (Å²) in [5, 5.41) is 13.3. The summed E-state index contributed by atoms with van der Waals surface area (Å²) in [4.78, 5) is 29.0. The molecule has 3 rings (SSSR count). The lowest BCUT2D eigenvalue weighted by Crippen LogP contribution is -2.24. The van der Waals surface area contributed by atoms with Crippen molar-refractivity contribution in [1.29, 1.82) is 0 Å². The van der Waals surface area contributed by atoms with Crippen LogP contribution in [0.3, 0.4) is 0 Å². The van der Waals surface area contributed by atoms with Gasteiger partial charge in [-0.15, -0.1) is 0 Å². The van der Waals surface area contributed by atoms with Crippen LogP contribution in [-0.2, 0) is 17.8 Å². The molecule has 29 heavy (non-hydrogen) atoms. The number of carboxylic acids is 1. The summed E-state index contributed by atoms with van der Waals surface area (Å²) in [5.41, 5.74) is 2.48. The first-order chi connectivity index (χ1) is 13.7. The van der Waals surface area contributed by atoms with E-state index in [1.165, 1.54) is 10.6 Å². The van der Waals surface area contributed by atoms with E-state index in [-0.39, 0.29) is 22.3 Å². The van der Waals surface area contributed by atoms with E-state index in [0.717, 1.165) is 11.1 Å². The Morgan fingerprint density at radius 2 is 2.00 bits per heavy atom. The second kappa shape index (κ2) is 8.16. The molecule has 0 aliphatic heterocycles. The Morgan fingerprint density at radius 3 is 2.66 bits per heavy atom. The molecule has 0 saturated heterocycles. The lowest BCUT2D eigenvalue weighted by Gasteiger charge is -2.20. The third-order valence-corrected chi connectivity index (χ3v) is 6.07. The third kappa shape index (κ3) is 3.93. The predicted molar refractivity (Wildman–Crippen MR) is 114 cm³/mol. The maximum atomic E-state index is 12.9. The number of rotatable bonds is 6. The van der Waals surface area contributed by atoms with Gasteiger partial charge < -0.3 is 10.4 Å². The number of para-hydroxylation sites is 1. The fourth-order valence-electron chi connectivity index (χ4n) is 3.30. The molecule has 8 heteroatoms. The summed E-state index contributed by atoms with van der Waals surface area (Å²) in [6.45, 7) is 5.54. The Hall–Kier alpha value is -3.00. The number of aryl methyl sites for hydroxylation is 1. The van der Waals surface area contributed by atoms with Crippen molar-refractivity contribution in [2.45, 2.75) is 32.0 Å². The number of aromatic nitrogens is 2. The lowest BCUT2D eigenvalue weighted by atomic mass is 10.0. The van der Waals surface area contributed by atoms with Crippen molar-refractivity contribution in [2.24, 2.45) is 7.05 Å². The van der Waals surface area contributed by atoms with Gasteiger partial charge in [0.05, 0.1) is 33.3 Å². The maximum Gasteiger partial charge on any atom is 0.337 e.